The number of hydrogen-bond donors (Lipinski definition) is 0. The summed E-state index contributed by atoms with van der Waals surface area (Å²) in [5, 5.41) is 3.99. The van der Waals surface area contributed by atoms with Crippen molar-refractivity contribution < 1.29 is 12.9 Å². The Kier molecular flexibility index (Phi) is 3.89. The standard InChI is InChI=1S/C18H17N3O3S/c1-13-7-9-16(10-8-13)25(22,23)21-11-15(12-21)18-19-17(20-24-18)14-5-3-2-4-6-14/h2-10,15H,11-12H2,1H3. The van der Waals surface area contributed by atoms with Crippen LogP contribution in [0.25, 0.3) is 11.4 Å². The topological polar surface area (TPSA) is 76.3 Å². The summed E-state index contributed by atoms with van der Waals surface area (Å²) >= 11 is 0. The van der Waals surface area contributed by atoms with Gasteiger partial charge in [0, 0.05) is 18.7 Å². The molecule has 1 aliphatic rings. The first-order chi connectivity index (χ1) is 12.0. The third kappa shape index (κ3) is 2.96. The highest BCUT2D eigenvalue weighted by Crippen LogP contribution is 2.32. The second kappa shape index (κ2) is 6.09. The van der Waals surface area contributed by atoms with Gasteiger partial charge in [-0.3, -0.25) is 0 Å². The molecule has 0 N–H and O–H groups in total. The molecule has 0 aliphatic carbocycles. The molecular weight excluding hydrogens is 338 g/mol. The molecule has 1 aliphatic heterocycles. The Balaban J connectivity index is 1.47. The summed E-state index contributed by atoms with van der Waals surface area (Å²) < 4.78 is 31.9. The van der Waals surface area contributed by atoms with Crippen molar-refractivity contribution in [2.75, 3.05) is 13.1 Å². The van der Waals surface area contributed by atoms with Crippen LogP contribution in [0.15, 0.2) is 64.0 Å². The molecule has 6 nitrogen and oxygen atoms in total. The Morgan fingerprint density at radius 1 is 1.04 bits per heavy atom. The zero-order valence-corrected chi connectivity index (χ0v) is 14.5. The zero-order chi connectivity index (χ0) is 17.4. The van der Waals surface area contributed by atoms with Crippen LogP contribution in [0.5, 0.6) is 0 Å². The summed E-state index contributed by atoms with van der Waals surface area (Å²) in [6, 6.07) is 16.4. The monoisotopic (exact) mass is 355 g/mol. The fraction of sp³-hybridized carbons (Fsp3) is 0.222. The van der Waals surface area contributed by atoms with Crippen LogP contribution in [-0.2, 0) is 10.0 Å². The summed E-state index contributed by atoms with van der Waals surface area (Å²) in [5.74, 6) is 0.940. The van der Waals surface area contributed by atoms with Crippen LogP contribution in [0.3, 0.4) is 0 Å². The maximum absolute atomic E-state index is 12.6. The lowest BCUT2D eigenvalue weighted by Gasteiger charge is -2.35. The molecular formula is C18H17N3O3S. The van der Waals surface area contributed by atoms with E-state index in [1.54, 1.807) is 24.3 Å². The number of sulfonamides is 1. The van der Waals surface area contributed by atoms with Crippen molar-refractivity contribution in [2.24, 2.45) is 0 Å². The molecule has 0 radical (unpaired) electrons. The molecule has 2 aromatic carbocycles. The minimum absolute atomic E-state index is 0.0646. The van der Waals surface area contributed by atoms with Crippen LogP contribution in [0.4, 0.5) is 0 Å². The second-order valence-electron chi connectivity index (χ2n) is 6.15. The summed E-state index contributed by atoms with van der Waals surface area (Å²) in [6.45, 7) is 2.63. The van der Waals surface area contributed by atoms with Gasteiger partial charge in [0.05, 0.1) is 10.8 Å². The van der Waals surface area contributed by atoms with Gasteiger partial charge >= 0.3 is 0 Å². The van der Waals surface area contributed by atoms with Crippen molar-refractivity contribution in [3.63, 3.8) is 0 Å². The van der Waals surface area contributed by atoms with Crippen LogP contribution < -0.4 is 0 Å². The Bertz CT molecular complexity index is 976. The van der Waals surface area contributed by atoms with Crippen molar-refractivity contribution >= 4 is 10.0 Å². The average molecular weight is 355 g/mol. The van der Waals surface area contributed by atoms with Gasteiger partial charge in [0.2, 0.25) is 21.7 Å². The molecule has 0 amide bonds. The quantitative estimate of drug-likeness (QED) is 0.719. The molecule has 1 aromatic heterocycles. The molecule has 3 aromatic rings. The number of aromatic nitrogens is 2. The van der Waals surface area contributed by atoms with E-state index < -0.39 is 10.0 Å². The van der Waals surface area contributed by atoms with Crippen LogP contribution in [-0.4, -0.2) is 36.0 Å². The zero-order valence-electron chi connectivity index (χ0n) is 13.7. The van der Waals surface area contributed by atoms with E-state index in [-0.39, 0.29) is 5.92 Å². The third-order valence-electron chi connectivity index (χ3n) is 4.33. The van der Waals surface area contributed by atoms with Gasteiger partial charge < -0.3 is 4.52 Å². The lowest BCUT2D eigenvalue weighted by Crippen LogP contribution is -2.48. The van der Waals surface area contributed by atoms with Crippen molar-refractivity contribution in [1.82, 2.24) is 14.4 Å². The van der Waals surface area contributed by atoms with Crippen molar-refractivity contribution in [3.8, 4) is 11.4 Å². The van der Waals surface area contributed by atoms with Crippen molar-refractivity contribution in [3.05, 3.63) is 66.1 Å². The second-order valence-corrected chi connectivity index (χ2v) is 8.09. The van der Waals surface area contributed by atoms with E-state index in [0.29, 0.717) is 29.7 Å². The van der Waals surface area contributed by atoms with Gasteiger partial charge in [-0.25, -0.2) is 8.42 Å². The molecule has 7 heteroatoms. The van der Waals surface area contributed by atoms with Gasteiger partial charge in [-0.1, -0.05) is 53.2 Å². The van der Waals surface area contributed by atoms with Crippen LogP contribution in [0.2, 0.25) is 0 Å². The number of rotatable bonds is 4. The minimum Gasteiger partial charge on any atom is -0.339 e. The average Bonchev–Trinajstić information content (AvgIpc) is 3.04. The van der Waals surface area contributed by atoms with Crippen LogP contribution >= 0.6 is 0 Å². The summed E-state index contributed by atoms with van der Waals surface area (Å²) in [6.07, 6.45) is 0. The molecule has 4 rings (SSSR count). The SMILES string of the molecule is Cc1ccc(S(=O)(=O)N2CC(c3nc(-c4ccccc4)no3)C2)cc1. The highest BCUT2D eigenvalue weighted by Gasteiger charge is 2.40. The molecule has 0 atom stereocenters. The minimum atomic E-state index is -3.46. The molecule has 0 unspecified atom stereocenters. The van der Waals surface area contributed by atoms with Gasteiger partial charge in [-0.2, -0.15) is 9.29 Å². The van der Waals surface area contributed by atoms with E-state index in [1.807, 2.05) is 37.3 Å². The first-order valence-corrected chi connectivity index (χ1v) is 9.44. The highest BCUT2D eigenvalue weighted by atomic mass is 32.2. The summed E-state index contributed by atoms with van der Waals surface area (Å²) in [5.41, 5.74) is 1.90. The van der Waals surface area contributed by atoms with E-state index in [2.05, 4.69) is 10.1 Å². The predicted molar refractivity (Wildman–Crippen MR) is 92.4 cm³/mol. The summed E-state index contributed by atoms with van der Waals surface area (Å²) in [7, 11) is -3.46. The Hall–Kier alpha value is -2.51. The van der Waals surface area contributed by atoms with E-state index >= 15 is 0 Å². The maximum Gasteiger partial charge on any atom is 0.243 e. The van der Waals surface area contributed by atoms with Gasteiger partial charge in [0.15, 0.2) is 0 Å². The van der Waals surface area contributed by atoms with Crippen molar-refractivity contribution in [2.45, 2.75) is 17.7 Å². The first kappa shape index (κ1) is 16.0. The fourth-order valence-corrected chi connectivity index (χ4v) is 4.29. The smallest absolute Gasteiger partial charge is 0.243 e. The predicted octanol–water partition coefficient (Wildman–Crippen LogP) is 2.83. The molecule has 1 saturated heterocycles. The van der Waals surface area contributed by atoms with E-state index in [1.165, 1.54) is 4.31 Å². The van der Waals surface area contributed by atoms with Crippen LogP contribution in [0.1, 0.15) is 17.4 Å². The van der Waals surface area contributed by atoms with Gasteiger partial charge in [0.25, 0.3) is 0 Å². The molecule has 0 spiro atoms. The third-order valence-corrected chi connectivity index (χ3v) is 6.18. The van der Waals surface area contributed by atoms with Gasteiger partial charge in [-0.05, 0) is 19.1 Å². The molecule has 128 valence electrons. The van der Waals surface area contributed by atoms with Crippen molar-refractivity contribution in [1.29, 1.82) is 0 Å². The number of nitrogens with zero attached hydrogens (tertiary/aromatic N) is 3. The Labute approximate surface area is 146 Å². The molecule has 1 fully saturated rings. The lowest BCUT2D eigenvalue weighted by molar-refractivity contribution is 0.217. The van der Waals surface area contributed by atoms with Crippen LogP contribution in [0, 0.1) is 6.92 Å². The largest absolute Gasteiger partial charge is 0.339 e. The fourth-order valence-electron chi connectivity index (χ4n) is 2.76. The maximum atomic E-state index is 12.6. The van der Waals surface area contributed by atoms with Gasteiger partial charge in [0.1, 0.15) is 0 Å². The molecule has 25 heavy (non-hydrogen) atoms. The first-order valence-electron chi connectivity index (χ1n) is 8.00. The number of hydrogen-bond acceptors (Lipinski definition) is 5. The highest BCUT2D eigenvalue weighted by molar-refractivity contribution is 7.89. The molecule has 0 saturated carbocycles. The van der Waals surface area contributed by atoms with E-state index in [9.17, 15) is 8.42 Å². The Morgan fingerprint density at radius 2 is 1.72 bits per heavy atom. The summed E-state index contributed by atoms with van der Waals surface area (Å²) in [4.78, 5) is 4.72. The lowest BCUT2D eigenvalue weighted by atomic mass is 10.0. The normalized spacial score (nSPS) is 15.9. The van der Waals surface area contributed by atoms with E-state index in [0.717, 1.165) is 11.1 Å². The molecule has 0 bridgehead atoms. The number of benzene rings is 2. The molecule has 2 heterocycles. The van der Waals surface area contributed by atoms with Gasteiger partial charge in [-0.15, -0.1) is 0 Å². The Morgan fingerprint density at radius 3 is 2.40 bits per heavy atom. The number of aryl methyl sites for hydroxylation is 1. The van der Waals surface area contributed by atoms with E-state index in [4.69, 9.17) is 4.52 Å².